The Kier molecular flexibility index (Phi) is 4.49. The van der Waals surface area contributed by atoms with E-state index in [4.69, 9.17) is 9.47 Å². The fraction of sp³-hybridized carbons (Fsp3) is 0.214. The number of hydrogen-bond donors (Lipinski definition) is 0. The third kappa shape index (κ3) is 3.23. The molecule has 0 aliphatic heterocycles. The molecular formula is C14H14N2O4. The first kappa shape index (κ1) is 13.8. The Morgan fingerprint density at radius 3 is 2.50 bits per heavy atom. The monoisotopic (exact) mass is 274 g/mol. The van der Waals surface area contributed by atoms with Crippen LogP contribution in [-0.4, -0.2) is 29.7 Å². The van der Waals surface area contributed by atoms with Gasteiger partial charge in [0.05, 0.1) is 26.1 Å². The van der Waals surface area contributed by atoms with Crippen molar-refractivity contribution >= 4 is 5.97 Å². The summed E-state index contributed by atoms with van der Waals surface area (Å²) in [7, 11) is 1.28. The van der Waals surface area contributed by atoms with Crippen molar-refractivity contribution in [3.63, 3.8) is 0 Å². The molecule has 0 N–H and O–H groups in total. The number of aromatic nitrogens is 2. The molecule has 0 bridgehead atoms. The Morgan fingerprint density at radius 1 is 1.15 bits per heavy atom. The molecule has 0 fully saturated rings. The lowest BCUT2D eigenvalue weighted by Crippen LogP contribution is -2.05. The van der Waals surface area contributed by atoms with Crippen LogP contribution in [-0.2, 0) is 4.74 Å². The van der Waals surface area contributed by atoms with Gasteiger partial charge in [-0.2, -0.15) is 0 Å². The van der Waals surface area contributed by atoms with Gasteiger partial charge in [0, 0.05) is 0 Å². The number of ether oxygens (including phenoxy) is 3. The maximum atomic E-state index is 11.2. The van der Waals surface area contributed by atoms with Crippen LogP contribution in [0.3, 0.4) is 0 Å². The zero-order valence-corrected chi connectivity index (χ0v) is 11.2. The second-order valence-electron chi connectivity index (χ2n) is 3.71. The molecule has 1 heterocycles. The quantitative estimate of drug-likeness (QED) is 0.780. The summed E-state index contributed by atoms with van der Waals surface area (Å²) in [6.07, 6.45) is 2.65. The molecule has 0 saturated heterocycles. The fourth-order valence-corrected chi connectivity index (χ4v) is 1.50. The zero-order chi connectivity index (χ0) is 14.4. The minimum atomic E-state index is -0.543. The molecule has 0 saturated carbocycles. The molecule has 0 aliphatic rings. The van der Waals surface area contributed by atoms with Crippen LogP contribution in [0.1, 0.15) is 17.4 Å². The molecule has 6 heteroatoms. The number of esters is 1. The average molecular weight is 274 g/mol. The van der Waals surface area contributed by atoms with Crippen LogP contribution in [0.2, 0.25) is 0 Å². The van der Waals surface area contributed by atoms with E-state index in [1.54, 1.807) is 12.1 Å². The van der Waals surface area contributed by atoms with E-state index in [0.29, 0.717) is 18.1 Å². The lowest BCUT2D eigenvalue weighted by molar-refractivity contribution is 0.0593. The minimum absolute atomic E-state index is 0.123. The predicted octanol–water partition coefficient (Wildman–Crippen LogP) is 2.45. The van der Waals surface area contributed by atoms with Crippen LogP contribution in [0.4, 0.5) is 0 Å². The molecular weight excluding hydrogens is 260 g/mol. The van der Waals surface area contributed by atoms with E-state index in [1.807, 2.05) is 19.1 Å². The van der Waals surface area contributed by atoms with E-state index in [9.17, 15) is 4.79 Å². The van der Waals surface area contributed by atoms with Gasteiger partial charge in [-0.1, -0.05) is 12.1 Å². The van der Waals surface area contributed by atoms with Crippen LogP contribution in [0, 0.1) is 0 Å². The molecule has 0 spiro atoms. The highest BCUT2D eigenvalue weighted by Gasteiger charge is 2.10. The van der Waals surface area contributed by atoms with Crippen molar-refractivity contribution in [2.75, 3.05) is 13.7 Å². The van der Waals surface area contributed by atoms with Gasteiger partial charge in [0.15, 0.2) is 17.2 Å². The van der Waals surface area contributed by atoms with E-state index in [1.165, 1.54) is 19.5 Å². The molecule has 104 valence electrons. The normalized spacial score (nSPS) is 9.90. The summed E-state index contributed by atoms with van der Waals surface area (Å²) in [4.78, 5) is 19.2. The lowest BCUT2D eigenvalue weighted by atomic mass is 10.3. The standard InChI is InChI=1S/C14H14N2O4/c1-3-19-11-6-4-5-7-12(11)20-13-9-15-10(8-16-13)14(17)18-2/h4-9H,3H2,1-2H3. The summed E-state index contributed by atoms with van der Waals surface area (Å²) in [6.45, 7) is 2.43. The number of methoxy groups -OCH3 is 1. The second-order valence-corrected chi connectivity index (χ2v) is 3.71. The number of para-hydroxylation sites is 2. The average Bonchev–Trinajstić information content (AvgIpc) is 2.49. The summed E-state index contributed by atoms with van der Waals surface area (Å²) < 4.78 is 15.6. The van der Waals surface area contributed by atoms with Gasteiger partial charge in [-0.3, -0.25) is 0 Å². The molecule has 2 aromatic rings. The number of benzene rings is 1. The maximum absolute atomic E-state index is 11.2. The molecule has 1 aromatic carbocycles. The number of carbonyl (C=O) groups is 1. The van der Waals surface area contributed by atoms with Crippen LogP contribution in [0.5, 0.6) is 17.4 Å². The van der Waals surface area contributed by atoms with Gasteiger partial charge >= 0.3 is 5.97 Å². The van der Waals surface area contributed by atoms with Crippen molar-refractivity contribution in [3.8, 4) is 17.4 Å². The first-order chi connectivity index (χ1) is 9.74. The number of nitrogens with zero attached hydrogens (tertiary/aromatic N) is 2. The van der Waals surface area contributed by atoms with Crippen molar-refractivity contribution in [3.05, 3.63) is 42.4 Å². The van der Waals surface area contributed by atoms with Gasteiger partial charge in [-0.05, 0) is 19.1 Å². The predicted molar refractivity (Wildman–Crippen MR) is 71.1 cm³/mol. The smallest absolute Gasteiger partial charge is 0.358 e. The highest BCUT2D eigenvalue weighted by Crippen LogP contribution is 2.29. The van der Waals surface area contributed by atoms with Crippen molar-refractivity contribution in [2.24, 2.45) is 0 Å². The van der Waals surface area contributed by atoms with Crippen LogP contribution >= 0.6 is 0 Å². The maximum Gasteiger partial charge on any atom is 0.358 e. The number of carbonyl (C=O) groups excluding carboxylic acids is 1. The van der Waals surface area contributed by atoms with Gasteiger partial charge in [-0.15, -0.1) is 0 Å². The molecule has 0 atom stereocenters. The van der Waals surface area contributed by atoms with Crippen LogP contribution in [0.15, 0.2) is 36.7 Å². The fourth-order valence-electron chi connectivity index (χ4n) is 1.50. The zero-order valence-electron chi connectivity index (χ0n) is 11.2. The van der Waals surface area contributed by atoms with Gasteiger partial charge in [0.2, 0.25) is 5.88 Å². The largest absolute Gasteiger partial charge is 0.490 e. The van der Waals surface area contributed by atoms with Gasteiger partial charge in [0.1, 0.15) is 0 Å². The van der Waals surface area contributed by atoms with Crippen molar-refractivity contribution in [1.29, 1.82) is 0 Å². The molecule has 0 aliphatic carbocycles. The molecule has 0 amide bonds. The van der Waals surface area contributed by atoms with E-state index in [-0.39, 0.29) is 11.6 Å². The summed E-state index contributed by atoms with van der Waals surface area (Å²) in [5, 5.41) is 0. The van der Waals surface area contributed by atoms with Gasteiger partial charge in [-0.25, -0.2) is 14.8 Å². The lowest BCUT2D eigenvalue weighted by Gasteiger charge is -2.10. The Bertz CT molecular complexity index is 584. The summed E-state index contributed by atoms with van der Waals surface area (Å²) in [5.41, 5.74) is 0.123. The summed E-state index contributed by atoms with van der Waals surface area (Å²) >= 11 is 0. The third-order valence-corrected chi connectivity index (χ3v) is 2.39. The van der Waals surface area contributed by atoms with Gasteiger partial charge < -0.3 is 14.2 Å². The van der Waals surface area contributed by atoms with Crippen molar-refractivity contribution in [2.45, 2.75) is 6.92 Å². The second kappa shape index (κ2) is 6.51. The molecule has 6 nitrogen and oxygen atoms in total. The first-order valence-electron chi connectivity index (χ1n) is 6.04. The highest BCUT2D eigenvalue weighted by molar-refractivity contribution is 5.86. The van der Waals surface area contributed by atoms with Crippen molar-refractivity contribution in [1.82, 2.24) is 9.97 Å². The molecule has 0 unspecified atom stereocenters. The van der Waals surface area contributed by atoms with Crippen molar-refractivity contribution < 1.29 is 19.0 Å². The van der Waals surface area contributed by atoms with Gasteiger partial charge in [0.25, 0.3) is 0 Å². The highest BCUT2D eigenvalue weighted by atomic mass is 16.5. The molecule has 20 heavy (non-hydrogen) atoms. The third-order valence-electron chi connectivity index (χ3n) is 2.39. The van der Waals surface area contributed by atoms with E-state index < -0.39 is 5.97 Å². The summed E-state index contributed by atoms with van der Waals surface area (Å²) in [6, 6.07) is 7.24. The van der Waals surface area contributed by atoms with E-state index in [2.05, 4.69) is 14.7 Å². The number of rotatable bonds is 5. The topological polar surface area (TPSA) is 70.5 Å². The van der Waals surface area contributed by atoms with Crippen LogP contribution < -0.4 is 9.47 Å². The Balaban J connectivity index is 2.16. The molecule has 2 rings (SSSR count). The number of hydrogen-bond acceptors (Lipinski definition) is 6. The first-order valence-corrected chi connectivity index (χ1v) is 6.04. The van der Waals surface area contributed by atoms with E-state index in [0.717, 1.165) is 0 Å². The Morgan fingerprint density at radius 2 is 1.90 bits per heavy atom. The molecule has 1 aromatic heterocycles. The molecule has 0 radical (unpaired) electrons. The SMILES string of the molecule is CCOc1ccccc1Oc1cnc(C(=O)OC)cn1. The Labute approximate surface area is 116 Å². The summed E-state index contributed by atoms with van der Waals surface area (Å²) in [5.74, 6) is 0.881. The minimum Gasteiger partial charge on any atom is -0.490 e. The van der Waals surface area contributed by atoms with E-state index >= 15 is 0 Å². The Hall–Kier alpha value is -2.63. The van der Waals surface area contributed by atoms with Crippen LogP contribution in [0.25, 0.3) is 0 Å².